The van der Waals surface area contributed by atoms with E-state index in [1.165, 1.54) is 6.07 Å². The number of nitrogens with zero attached hydrogens (tertiary/aromatic N) is 3. The van der Waals surface area contributed by atoms with Gasteiger partial charge in [0.1, 0.15) is 11.5 Å². The lowest BCUT2D eigenvalue weighted by molar-refractivity contribution is -0.137. The summed E-state index contributed by atoms with van der Waals surface area (Å²) < 4.78 is 45.2. The molecule has 0 atom stereocenters. The van der Waals surface area contributed by atoms with Crippen molar-refractivity contribution in [3.05, 3.63) is 102 Å². The van der Waals surface area contributed by atoms with Crippen LogP contribution >= 0.6 is 11.6 Å². The summed E-state index contributed by atoms with van der Waals surface area (Å²) >= 11 is 5.63. The van der Waals surface area contributed by atoms with E-state index in [4.69, 9.17) is 16.3 Å². The molecule has 0 aliphatic rings. The van der Waals surface area contributed by atoms with Crippen molar-refractivity contribution in [1.82, 2.24) is 15.0 Å². The summed E-state index contributed by atoms with van der Waals surface area (Å²) in [6, 6.07) is 17.9. The average Bonchev–Trinajstić information content (AvgIpc) is 2.89. The second kappa shape index (κ2) is 10.3. The molecule has 0 spiro atoms. The summed E-state index contributed by atoms with van der Waals surface area (Å²) in [5, 5.41) is 4.48. The van der Waals surface area contributed by atoms with Crippen molar-refractivity contribution in [3.8, 4) is 22.8 Å². The van der Waals surface area contributed by atoms with E-state index in [0.717, 1.165) is 17.7 Å². The fourth-order valence-electron chi connectivity index (χ4n) is 3.60. The Hall–Kier alpha value is -4.70. The third kappa shape index (κ3) is 5.81. The minimum atomic E-state index is -4.65. The molecule has 2 heterocycles. The van der Waals surface area contributed by atoms with Crippen LogP contribution in [0.5, 0.6) is 11.5 Å². The number of aromatic nitrogens is 3. The summed E-state index contributed by atoms with van der Waals surface area (Å²) in [6.07, 6.45) is 0.407. The molecule has 0 saturated carbocycles. The number of pyridine rings is 1. The van der Waals surface area contributed by atoms with Gasteiger partial charge in [-0.15, -0.1) is 0 Å². The first-order valence-corrected chi connectivity index (χ1v) is 11.5. The summed E-state index contributed by atoms with van der Waals surface area (Å²) in [7, 11) is 0. The van der Waals surface area contributed by atoms with Gasteiger partial charge in [-0.1, -0.05) is 17.7 Å². The molecule has 2 aromatic heterocycles. The van der Waals surface area contributed by atoms with Crippen LogP contribution in [0.2, 0.25) is 5.02 Å². The van der Waals surface area contributed by atoms with Crippen LogP contribution in [0.3, 0.4) is 0 Å². The van der Waals surface area contributed by atoms with E-state index in [9.17, 15) is 18.0 Å². The zero-order valence-electron chi connectivity index (χ0n) is 19.3. The summed E-state index contributed by atoms with van der Waals surface area (Å²) in [5.41, 5.74) is 2.08. The maximum atomic E-state index is 13.1. The topological polar surface area (TPSA) is 89.0 Å². The molecule has 0 unspecified atom stereocenters. The van der Waals surface area contributed by atoms with Gasteiger partial charge in [0.05, 0.1) is 33.5 Å². The molecular formula is C27H17ClF3N5O2. The third-order valence-electron chi connectivity index (χ3n) is 5.33. The molecule has 3 aromatic carbocycles. The molecule has 0 fully saturated rings. The van der Waals surface area contributed by atoms with Crippen molar-refractivity contribution in [2.75, 3.05) is 10.6 Å². The highest BCUT2D eigenvalue weighted by Gasteiger charge is 2.33. The van der Waals surface area contributed by atoms with Gasteiger partial charge in [0.15, 0.2) is 0 Å². The number of amides is 2. The number of rotatable bonds is 5. The first-order valence-electron chi connectivity index (χ1n) is 11.1. The molecule has 11 heteroatoms. The van der Waals surface area contributed by atoms with Crippen LogP contribution in [0.25, 0.3) is 22.3 Å². The number of nitrogens with one attached hydrogen (secondary N) is 2. The Labute approximate surface area is 219 Å². The third-order valence-corrected chi connectivity index (χ3v) is 5.66. The zero-order valence-corrected chi connectivity index (χ0v) is 20.1. The molecule has 0 bridgehead atoms. The lowest BCUT2D eigenvalue weighted by Crippen LogP contribution is -2.20. The summed E-state index contributed by atoms with van der Waals surface area (Å²) in [4.78, 5) is 25.6. The number of anilines is 2. The molecule has 0 aliphatic heterocycles. The van der Waals surface area contributed by atoms with E-state index in [-0.39, 0.29) is 5.69 Å². The molecule has 0 saturated heterocycles. The molecule has 0 aliphatic carbocycles. The van der Waals surface area contributed by atoms with Crippen LogP contribution in [0.1, 0.15) is 5.56 Å². The normalized spacial score (nSPS) is 11.3. The Balaban J connectivity index is 1.29. The monoisotopic (exact) mass is 535 g/mol. The minimum Gasteiger partial charge on any atom is -0.457 e. The predicted octanol–water partition coefficient (Wildman–Crippen LogP) is 7.80. The fraction of sp³-hybridized carbons (Fsp3) is 0.0370. The molecule has 2 N–H and O–H groups in total. The highest BCUT2D eigenvalue weighted by atomic mass is 35.5. The van der Waals surface area contributed by atoms with Gasteiger partial charge in [0, 0.05) is 41.5 Å². The van der Waals surface area contributed by atoms with Crippen LogP contribution in [0.4, 0.5) is 29.3 Å². The Morgan fingerprint density at radius 3 is 2.39 bits per heavy atom. The maximum absolute atomic E-state index is 13.1. The van der Waals surface area contributed by atoms with Crippen molar-refractivity contribution in [3.63, 3.8) is 0 Å². The number of benzene rings is 3. The van der Waals surface area contributed by atoms with Gasteiger partial charge in [-0.3, -0.25) is 9.97 Å². The van der Waals surface area contributed by atoms with Crippen molar-refractivity contribution in [2.24, 2.45) is 0 Å². The summed E-state index contributed by atoms with van der Waals surface area (Å²) in [5.74, 6) is 0.918. The smallest absolute Gasteiger partial charge is 0.417 e. The number of fused-ring (bicyclic) bond motifs is 1. The van der Waals surface area contributed by atoms with E-state index in [0.29, 0.717) is 33.9 Å². The van der Waals surface area contributed by atoms with E-state index >= 15 is 0 Å². The maximum Gasteiger partial charge on any atom is 0.417 e. The highest BCUT2D eigenvalue weighted by Crippen LogP contribution is 2.36. The van der Waals surface area contributed by atoms with Gasteiger partial charge < -0.3 is 15.4 Å². The number of halogens is 4. The molecule has 7 nitrogen and oxygen atoms in total. The standard InChI is InChI=1S/C27H17ClF3N5O2/c28-22-8-6-18(12-21(22)27(29,30)31)35-26(37)34-17-4-1-5-19(11-17)38-20-7-9-23-24(13-20)36-25(15-33-23)16-3-2-10-32-14-16/h1-15H,(H2,34,35,37). The number of urea groups is 1. The Bertz CT molecular complexity index is 1630. The van der Waals surface area contributed by atoms with E-state index < -0.39 is 22.8 Å². The molecule has 5 aromatic rings. The first-order chi connectivity index (χ1) is 18.2. The molecule has 5 rings (SSSR count). The molecule has 38 heavy (non-hydrogen) atoms. The van der Waals surface area contributed by atoms with Gasteiger partial charge in [0.2, 0.25) is 0 Å². The lowest BCUT2D eigenvalue weighted by Gasteiger charge is -2.13. The van der Waals surface area contributed by atoms with Crippen LogP contribution in [-0.2, 0) is 6.18 Å². The Kier molecular flexibility index (Phi) is 6.80. The second-order valence-corrected chi connectivity index (χ2v) is 8.46. The second-order valence-electron chi connectivity index (χ2n) is 8.05. The van der Waals surface area contributed by atoms with Crippen LogP contribution in [0.15, 0.2) is 91.4 Å². The molecule has 2 amide bonds. The minimum absolute atomic E-state index is 0.0606. The van der Waals surface area contributed by atoms with Crippen molar-refractivity contribution in [2.45, 2.75) is 6.18 Å². The quantitative estimate of drug-likeness (QED) is 0.240. The SMILES string of the molecule is O=C(Nc1cccc(Oc2ccc3ncc(-c4cccnc4)nc3c2)c1)Nc1ccc(Cl)c(C(F)(F)F)c1. The Morgan fingerprint density at radius 1 is 0.842 bits per heavy atom. The number of carbonyl (C=O) groups excluding carboxylic acids is 1. The van der Waals surface area contributed by atoms with Gasteiger partial charge in [0.25, 0.3) is 0 Å². The van der Waals surface area contributed by atoms with Crippen LogP contribution in [0, 0.1) is 0 Å². The first kappa shape index (κ1) is 25.0. The predicted molar refractivity (Wildman–Crippen MR) is 138 cm³/mol. The molecule has 0 radical (unpaired) electrons. The van der Waals surface area contributed by atoms with Crippen molar-refractivity contribution >= 4 is 40.0 Å². The van der Waals surface area contributed by atoms with E-state index in [1.54, 1.807) is 61.1 Å². The number of hydrogen-bond donors (Lipinski definition) is 2. The van der Waals surface area contributed by atoms with Gasteiger partial charge in [-0.25, -0.2) is 9.78 Å². The van der Waals surface area contributed by atoms with E-state index in [2.05, 4.69) is 25.6 Å². The number of alkyl halides is 3. The molecular weight excluding hydrogens is 519 g/mol. The molecule has 190 valence electrons. The number of ether oxygens (including phenoxy) is 1. The van der Waals surface area contributed by atoms with Crippen LogP contribution < -0.4 is 15.4 Å². The largest absolute Gasteiger partial charge is 0.457 e. The summed E-state index contributed by atoms with van der Waals surface area (Å²) in [6.45, 7) is 0. The van der Waals surface area contributed by atoms with Gasteiger partial charge >= 0.3 is 12.2 Å². The highest BCUT2D eigenvalue weighted by molar-refractivity contribution is 6.31. The number of hydrogen-bond acceptors (Lipinski definition) is 5. The average molecular weight is 536 g/mol. The Morgan fingerprint density at radius 2 is 1.63 bits per heavy atom. The fourth-order valence-corrected chi connectivity index (χ4v) is 3.82. The van der Waals surface area contributed by atoms with Gasteiger partial charge in [-0.05, 0) is 54.6 Å². The number of carbonyl (C=O) groups is 1. The zero-order chi connectivity index (χ0) is 26.7. The van der Waals surface area contributed by atoms with E-state index in [1.807, 2.05) is 12.1 Å². The van der Waals surface area contributed by atoms with Crippen molar-refractivity contribution < 1.29 is 22.7 Å². The van der Waals surface area contributed by atoms with Gasteiger partial charge in [-0.2, -0.15) is 13.2 Å². The lowest BCUT2D eigenvalue weighted by atomic mass is 10.2. The van der Waals surface area contributed by atoms with Crippen molar-refractivity contribution in [1.29, 1.82) is 0 Å². The van der Waals surface area contributed by atoms with Crippen LogP contribution in [-0.4, -0.2) is 21.0 Å².